The Morgan fingerprint density at radius 1 is 1.24 bits per heavy atom. The second-order valence-corrected chi connectivity index (χ2v) is 5.12. The molecule has 0 aromatic carbocycles. The second kappa shape index (κ2) is 9.86. The highest BCUT2D eigenvalue weighted by atomic mass is 16.5. The zero-order valence-corrected chi connectivity index (χ0v) is 11.7. The summed E-state index contributed by atoms with van der Waals surface area (Å²) in [5.41, 5.74) is 0. The summed E-state index contributed by atoms with van der Waals surface area (Å²) in [5, 5.41) is 3.35. The van der Waals surface area contributed by atoms with Crippen molar-refractivity contribution in [2.75, 3.05) is 39.9 Å². The van der Waals surface area contributed by atoms with Crippen molar-refractivity contribution in [2.24, 2.45) is 0 Å². The lowest BCUT2D eigenvalue weighted by molar-refractivity contribution is 0.0512. The Morgan fingerprint density at radius 2 is 2.12 bits per heavy atom. The van der Waals surface area contributed by atoms with Crippen LogP contribution in [0.1, 0.15) is 45.4 Å². The van der Waals surface area contributed by atoms with Crippen LogP contribution in [0.3, 0.4) is 0 Å². The van der Waals surface area contributed by atoms with Gasteiger partial charge in [0.05, 0.1) is 6.61 Å². The number of hydrogen-bond acceptors (Lipinski definition) is 3. The summed E-state index contributed by atoms with van der Waals surface area (Å²) in [6.07, 6.45) is 7.82. The van der Waals surface area contributed by atoms with Crippen LogP contribution in [0.4, 0.5) is 0 Å². The zero-order chi connectivity index (χ0) is 12.3. The third-order valence-electron chi connectivity index (χ3n) is 3.62. The van der Waals surface area contributed by atoms with E-state index in [4.69, 9.17) is 4.74 Å². The molecule has 1 N–H and O–H groups in total. The van der Waals surface area contributed by atoms with Gasteiger partial charge >= 0.3 is 0 Å². The molecule has 1 aliphatic heterocycles. The van der Waals surface area contributed by atoms with E-state index in [-0.39, 0.29) is 0 Å². The molecule has 17 heavy (non-hydrogen) atoms. The first kappa shape index (κ1) is 14.9. The minimum absolute atomic E-state index is 0.672. The Labute approximate surface area is 107 Å². The molecule has 1 rings (SSSR count). The molecule has 1 atom stereocenters. The van der Waals surface area contributed by atoms with Crippen LogP contribution in [0, 0.1) is 0 Å². The number of nitrogens with zero attached hydrogens (tertiary/aromatic N) is 1. The lowest BCUT2D eigenvalue weighted by Crippen LogP contribution is -2.39. The van der Waals surface area contributed by atoms with Crippen molar-refractivity contribution in [1.82, 2.24) is 10.2 Å². The molecule has 0 amide bonds. The number of hydrogen-bond donors (Lipinski definition) is 1. The van der Waals surface area contributed by atoms with Crippen molar-refractivity contribution in [3.63, 3.8) is 0 Å². The van der Waals surface area contributed by atoms with Gasteiger partial charge in [-0.15, -0.1) is 0 Å². The normalized spacial score (nSPS) is 21.9. The van der Waals surface area contributed by atoms with Crippen molar-refractivity contribution in [2.45, 2.75) is 51.5 Å². The zero-order valence-electron chi connectivity index (χ0n) is 11.7. The molecule has 1 fully saturated rings. The highest BCUT2D eigenvalue weighted by Crippen LogP contribution is 2.15. The lowest BCUT2D eigenvalue weighted by Gasteiger charge is -2.32. The number of likely N-dealkylation sites (N-methyl/N-ethyl adjacent to an activating group) is 1. The van der Waals surface area contributed by atoms with Gasteiger partial charge in [0.2, 0.25) is 0 Å². The largest absolute Gasteiger partial charge is 0.380 e. The Bertz CT molecular complexity index is 176. The first-order chi connectivity index (χ1) is 8.34. The molecule has 0 saturated carbocycles. The van der Waals surface area contributed by atoms with E-state index in [2.05, 4.69) is 24.2 Å². The second-order valence-electron chi connectivity index (χ2n) is 5.12. The van der Waals surface area contributed by atoms with Gasteiger partial charge in [0.1, 0.15) is 0 Å². The summed E-state index contributed by atoms with van der Waals surface area (Å²) in [6, 6.07) is 0.672. The topological polar surface area (TPSA) is 24.5 Å². The lowest BCUT2D eigenvalue weighted by atomic mass is 10.0. The molecule has 102 valence electrons. The molecule has 0 aromatic rings. The van der Waals surface area contributed by atoms with Gasteiger partial charge in [-0.25, -0.2) is 0 Å². The third kappa shape index (κ3) is 7.02. The third-order valence-corrected chi connectivity index (χ3v) is 3.62. The molecule has 0 aromatic heterocycles. The maximum Gasteiger partial charge on any atom is 0.0621 e. The number of ether oxygens (including phenoxy) is 1. The summed E-state index contributed by atoms with van der Waals surface area (Å²) in [4.78, 5) is 2.45. The quantitative estimate of drug-likeness (QED) is 0.628. The Morgan fingerprint density at radius 3 is 2.88 bits per heavy atom. The van der Waals surface area contributed by atoms with Crippen LogP contribution in [0.5, 0.6) is 0 Å². The van der Waals surface area contributed by atoms with E-state index >= 15 is 0 Å². The first-order valence-electron chi connectivity index (χ1n) is 7.33. The molecular weight excluding hydrogens is 212 g/mol. The summed E-state index contributed by atoms with van der Waals surface area (Å²) < 4.78 is 5.79. The molecule has 1 aliphatic rings. The predicted octanol–water partition coefficient (Wildman–Crippen LogP) is 2.27. The summed E-state index contributed by atoms with van der Waals surface area (Å²) in [5.74, 6) is 0. The fourth-order valence-electron chi connectivity index (χ4n) is 2.38. The van der Waals surface area contributed by atoms with Crippen molar-refractivity contribution in [3.8, 4) is 0 Å². The molecular formula is C14H30N2O. The average Bonchev–Trinajstić information content (AvgIpc) is 2.35. The van der Waals surface area contributed by atoms with Gasteiger partial charge in [-0.2, -0.15) is 0 Å². The summed E-state index contributed by atoms with van der Waals surface area (Å²) >= 11 is 0. The maximum absolute atomic E-state index is 5.79. The minimum atomic E-state index is 0.672. The number of nitrogens with one attached hydrogen (secondary N) is 1. The van der Waals surface area contributed by atoms with Crippen molar-refractivity contribution in [1.29, 1.82) is 0 Å². The molecule has 0 bridgehead atoms. The fraction of sp³-hybridized carbons (Fsp3) is 1.00. The SMILES string of the molecule is CCNCCCCCOCC1CCCCN1C. The number of piperidine rings is 1. The molecule has 3 heteroatoms. The molecule has 0 radical (unpaired) electrons. The van der Waals surface area contributed by atoms with Crippen molar-refractivity contribution >= 4 is 0 Å². The van der Waals surface area contributed by atoms with Crippen LogP contribution < -0.4 is 5.32 Å². The Kier molecular flexibility index (Phi) is 8.67. The van der Waals surface area contributed by atoms with Gasteiger partial charge < -0.3 is 15.0 Å². The van der Waals surface area contributed by atoms with E-state index < -0.39 is 0 Å². The molecule has 3 nitrogen and oxygen atoms in total. The highest BCUT2D eigenvalue weighted by Gasteiger charge is 2.18. The van der Waals surface area contributed by atoms with E-state index in [1.54, 1.807) is 0 Å². The minimum Gasteiger partial charge on any atom is -0.380 e. The first-order valence-corrected chi connectivity index (χ1v) is 7.33. The molecule has 0 spiro atoms. The number of unbranched alkanes of at least 4 members (excludes halogenated alkanes) is 2. The summed E-state index contributed by atoms with van der Waals surface area (Å²) in [6.45, 7) is 7.52. The molecule has 1 saturated heterocycles. The van der Waals surface area contributed by atoms with Crippen LogP contribution >= 0.6 is 0 Å². The van der Waals surface area contributed by atoms with Crippen LogP contribution in [-0.4, -0.2) is 50.8 Å². The summed E-state index contributed by atoms with van der Waals surface area (Å²) in [7, 11) is 2.23. The van der Waals surface area contributed by atoms with E-state index in [1.165, 1.54) is 45.1 Å². The van der Waals surface area contributed by atoms with Crippen LogP contribution in [0.2, 0.25) is 0 Å². The molecule has 0 aliphatic carbocycles. The molecule has 1 heterocycles. The van der Waals surface area contributed by atoms with E-state index in [1.807, 2.05) is 0 Å². The van der Waals surface area contributed by atoms with Gasteiger partial charge in [-0.05, 0) is 58.8 Å². The van der Waals surface area contributed by atoms with Gasteiger partial charge in [-0.3, -0.25) is 0 Å². The van der Waals surface area contributed by atoms with Crippen LogP contribution in [-0.2, 0) is 4.74 Å². The smallest absolute Gasteiger partial charge is 0.0621 e. The number of rotatable bonds is 9. The van der Waals surface area contributed by atoms with Crippen LogP contribution in [0.15, 0.2) is 0 Å². The Hall–Kier alpha value is -0.120. The number of likely N-dealkylation sites (tertiary alicyclic amines) is 1. The monoisotopic (exact) mass is 242 g/mol. The van der Waals surface area contributed by atoms with Crippen molar-refractivity contribution < 1.29 is 4.74 Å². The highest BCUT2D eigenvalue weighted by molar-refractivity contribution is 4.73. The van der Waals surface area contributed by atoms with Gasteiger partial charge in [0, 0.05) is 12.6 Å². The maximum atomic E-state index is 5.79. The van der Waals surface area contributed by atoms with E-state index in [0.717, 1.165) is 26.3 Å². The van der Waals surface area contributed by atoms with Gasteiger partial charge in [-0.1, -0.05) is 13.3 Å². The standard InChI is InChI=1S/C14H30N2O/c1-3-15-10-6-4-8-12-17-13-14-9-5-7-11-16(14)2/h14-15H,3-13H2,1-2H3. The fourth-order valence-corrected chi connectivity index (χ4v) is 2.38. The van der Waals surface area contributed by atoms with Crippen LogP contribution in [0.25, 0.3) is 0 Å². The Balaban J connectivity index is 1.86. The van der Waals surface area contributed by atoms with E-state index in [0.29, 0.717) is 6.04 Å². The molecule has 1 unspecified atom stereocenters. The van der Waals surface area contributed by atoms with Crippen molar-refractivity contribution in [3.05, 3.63) is 0 Å². The van der Waals surface area contributed by atoms with E-state index in [9.17, 15) is 0 Å². The van der Waals surface area contributed by atoms with Gasteiger partial charge in [0.15, 0.2) is 0 Å². The predicted molar refractivity (Wildman–Crippen MR) is 73.5 cm³/mol. The average molecular weight is 242 g/mol. The van der Waals surface area contributed by atoms with Gasteiger partial charge in [0.25, 0.3) is 0 Å².